The summed E-state index contributed by atoms with van der Waals surface area (Å²) in [6, 6.07) is 1.07. The molecule has 0 aromatic carbocycles. The smallest absolute Gasteiger partial charge is 0.252 e. The summed E-state index contributed by atoms with van der Waals surface area (Å²) in [5, 5.41) is 11.1. The van der Waals surface area contributed by atoms with Gasteiger partial charge in [0.1, 0.15) is 6.04 Å². The maximum Gasteiger partial charge on any atom is 0.252 e. The number of hydrogen-bond donors (Lipinski definition) is 3. The van der Waals surface area contributed by atoms with Crippen LogP contribution >= 0.6 is 11.3 Å². The number of nitrogens with one attached hydrogen (secondary N) is 3. The zero-order valence-electron chi connectivity index (χ0n) is 11.7. The van der Waals surface area contributed by atoms with Gasteiger partial charge >= 0.3 is 0 Å². The SMILES string of the molecule is CNC(=O)C(NC(=O)CNC(=O)c1ccsc1)C(C)C. The van der Waals surface area contributed by atoms with Gasteiger partial charge in [-0.3, -0.25) is 14.4 Å². The van der Waals surface area contributed by atoms with E-state index in [0.717, 1.165) is 0 Å². The average Bonchev–Trinajstić information content (AvgIpc) is 2.95. The molecule has 110 valence electrons. The molecule has 0 aliphatic carbocycles. The monoisotopic (exact) mass is 297 g/mol. The van der Waals surface area contributed by atoms with Crippen molar-refractivity contribution in [3.8, 4) is 0 Å². The van der Waals surface area contributed by atoms with Gasteiger partial charge in [-0.05, 0) is 17.4 Å². The molecule has 1 atom stereocenters. The average molecular weight is 297 g/mol. The van der Waals surface area contributed by atoms with Crippen molar-refractivity contribution in [3.05, 3.63) is 22.4 Å². The second-order valence-corrected chi connectivity index (χ2v) is 5.38. The lowest BCUT2D eigenvalue weighted by Crippen LogP contribution is -2.51. The highest BCUT2D eigenvalue weighted by Crippen LogP contribution is 2.05. The summed E-state index contributed by atoms with van der Waals surface area (Å²) < 4.78 is 0. The van der Waals surface area contributed by atoms with E-state index in [2.05, 4.69) is 16.0 Å². The van der Waals surface area contributed by atoms with Crippen LogP contribution in [-0.2, 0) is 9.59 Å². The van der Waals surface area contributed by atoms with Crippen LogP contribution in [0.5, 0.6) is 0 Å². The van der Waals surface area contributed by atoms with Crippen LogP contribution in [0.2, 0.25) is 0 Å². The molecule has 0 aliphatic heterocycles. The lowest BCUT2D eigenvalue weighted by molar-refractivity contribution is -0.129. The molecule has 0 radical (unpaired) electrons. The molecule has 0 spiro atoms. The van der Waals surface area contributed by atoms with Gasteiger partial charge in [0.05, 0.1) is 6.54 Å². The van der Waals surface area contributed by atoms with Crippen LogP contribution < -0.4 is 16.0 Å². The minimum absolute atomic E-state index is 0.0357. The molecule has 0 fully saturated rings. The number of hydrogen-bond acceptors (Lipinski definition) is 4. The Bertz CT molecular complexity index is 471. The van der Waals surface area contributed by atoms with Crippen LogP contribution in [0.1, 0.15) is 24.2 Å². The van der Waals surface area contributed by atoms with Gasteiger partial charge in [-0.2, -0.15) is 11.3 Å². The van der Waals surface area contributed by atoms with Gasteiger partial charge in [-0.25, -0.2) is 0 Å². The van der Waals surface area contributed by atoms with E-state index >= 15 is 0 Å². The zero-order valence-corrected chi connectivity index (χ0v) is 12.5. The van der Waals surface area contributed by atoms with Crippen molar-refractivity contribution < 1.29 is 14.4 Å². The van der Waals surface area contributed by atoms with Crippen LogP contribution in [0.15, 0.2) is 16.8 Å². The van der Waals surface area contributed by atoms with Gasteiger partial charge in [-0.15, -0.1) is 0 Å². The quantitative estimate of drug-likeness (QED) is 0.709. The van der Waals surface area contributed by atoms with Gasteiger partial charge in [0, 0.05) is 18.0 Å². The normalized spacial score (nSPS) is 11.8. The summed E-state index contributed by atoms with van der Waals surface area (Å²) in [5.74, 6) is -0.984. The van der Waals surface area contributed by atoms with Crippen LogP contribution in [0.4, 0.5) is 0 Å². The van der Waals surface area contributed by atoms with E-state index in [0.29, 0.717) is 5.56 Å². The molecule has 20 heavy (non-hydrogen) atoms. The number of likely N-dealkylation sites (N-methyl/N-ethyl adjacent to an activating group) is 1. The van der Waals surface area contributed by atoms with Crippen molar-refractivity contribution in [1.82, 2.24) is 16.0 Å². The minimum Gasteiger partial charge on any atom is -0.357 e. The highest BCUT2D eigenvalue weighted by Gasteiger charge is 2.23. The zero-order chi connectivity index (χ0) is 15.1. The molecular formula is C13H19N3O3S. The third-order valence-corrected chi connectivity index (χ3v) is 3.39. The molecule has 1 rings (SSSR count). The number of carbonyl (C=O) groups excluding carboxylic acids is 3. The maximum absolute atomic E-state index is 11.7. The Hall–Kier alpha value is -1.89. The first kappa shape index (κ1) is 16.2. The first-order valence-corrected chi connectivity index (χ1v) is 7.21. The number of rotatable bonds is 6. The number of amides is 3. The predicted molar refractivity (Wildman–Crippen MR) is 77.5 cm³/mol. The van der Waals surface area contributed by atoms with Gasteiger partial charge in [0.2, 0.25) is 11.8 Å². The topological polar surface area (TPSA) is 87.3 Å². The second-order valence-electron chi connectivity index (χ2n) is 4.60. The molecule has 3 amide bonds. The molecule has 0 aliphatic rings. The van der Waals surface area contributed by atoms with E-state index in [1.807, 2.05) is 13.8 Å². The fourth-order valence-electron chi connectivity index (χ4n) is 1.57. The Balaban J connectivity index is 2.46. The van der Waals surface area contributed by atoms with Gasteiger partial charge < -0.3 is 16.0 Å². The molecule has 1 aromatic heterocycles. The predicted octanol–water partition coefficient (Wildman–Crippen LogP) is 0.365. The van der Waals surface area contributed by atoms with Crippen molar-refractivity contribution in [3.63, 3.8) is 0 Å². The Morgan fingerprint density at radius 3 is 2.50 bits per heavy atom. The van der Waals surface area contributed by atoms with E-state index in [9.17, 15) is 14.4 Å². The van der Waals surface area contributed by atoms with Crippen molar-refractivity contribution in [1.29, 1.82) is 0 Å². The van der Waals surface area contributed by atoms with Gasteiger partial charge in [-0.1, -0.05) is 13.8 Å². The van der Waals surface area contributed by atoms with Crippen LogP contribution in [0.25, 0.3) is 0 Å². The summed E-state index contributed by atoms with van der Waals surface area (Å²) in [7, 11) is 1.52. The Kier molecular flexibility index (Phi) is 6.17. The summed E-state index contributed by atoms with van der Waals surface area (Å²) in [6.45, 7) is 3.52. The van der Waals surface area contributed by atoms with Crippen molar-refractivity contribution in [2.24, 2.45) is 5.92 Å². The minimum atomic E-state index is -0.606. The highest BCUT2D eigenvalue weighted by molar-refractivity contribution is 7.08. The molecule has 1 heterocycles. The standard InChI is InChI=1S/C13H19N3O3S/c1-8(2)11(13(19)14-3)16-10(17)6-15-12(18)9-4-5-20-7-9/h4-5,7-8,11H,6H2,1-3H3,(H,14,19)(H,15,18)(H,16,17). The lowest BCUT2D eigenvalue weighted by atomic mass is 10.0. The molecule has 0 bridgehead atoms. The fourth-order valence-corrected chi connectivity index (χ4v) is 2.21. The Labute approximate surface area is 121 Å². The van der Waals surface area contributed by atoms with E-state index < -0.39 is 11.9 Å². The van der Waals surface area contributed by atoms with Crippen LogP contribution in [-0.4, -0.2) is 37.4 Å². The van der Waals surface area contributed by atoms with Gasteiger partial charge in [0.25, 0.3) is 5.91 Å². The van der Waals surface area contributed by atoms with Crippen molar-refractivity contribution >= 4 is 29.1 Å². The first-order valence-electron chi connectivity index (χ1n) is 6.27. The maximum atomic E-state index is 11.7. The molecular weight excluding hydrogens is 278 g/mol. The van der Waals surface area contributed by atoms with Crippen molar-refractivity contribution in [2.75, 3.05) is 13.6 Å². The summed E-state index contributed by atoms with van der Waals surface area (Å²) in [6.07, 6.45) is 0. The highest BCUT2D eigenvalue weighted by atomic mass is 32.1. The largest absolute Gasteiger partial charge is 0.357 e. The molecule has 1 aromatic rings. The van der Waals surface area contributed by atoms with Crippen LogP contribution in [0, 0.1) is 5.92 Å². The fraction of sp³-hybridized carbons (Fsp3) is 0.462. The van der Waals surface area contributed by atoms with E-state index in [1.165, 1.54) is 18.4 Å². The summed E-state index contributed by atoms with van der Waals surface area (Å²) in [4.78, 5) is 35.0. The molecule has 1 unspecified atom stereocenters. The summed E-state index contributed by atoms with van der Waals surface area (Å²) >= 11 is 1.41. The lowest BCUT2D eigenvalue weighted by Gasteiger charge is -2.20. The third kappa shape index (κ3) is 4.65. The molecule has 0 saturated carbocycles. The van der Waals surface area contributed by atoms with E-state index in [-0.39, 0.29) is 24.3 Å². The van der Waals surface area contributed by atoms with E-state index in [4.69, 9.17) is 0 Å². The molecule has 6 nitrogen and oxygen atoms in total. The Morgan fingerprint density at radius 2 is 2.00 bits per heavy atom. The van der Waals surface area contributed by atoms with Crippen LogP contribution in [0.3, 0.4) is 0 Å². The van der Waals surface area contributed by atoms with E-state index in [1.54, 1.807) is 16.8 Å². The van der Waals surface area contributed by atoms with Gasteiger partial charge in [0.15, 0.2) is 0 Å². The number of carbonyl (C=O) groups is 3. The molecule has 3 N–H and O–H groups in total. The second kappa shape index (κ2) is 7.64. The summed E-state index contributed by atoms with van der Waals surface area (Å²) in [5.41, 5.74) is 0.523. The first-order chi connectivity index (χ1) is 9.45. The third-order valence-electron chi connectivity index (χ3n) is 2.70. The number of thiophene rings is 1. The molecule has 0 saturated heterocycles. The molecule has 7 heteroatoms. The van der Waals surface area contributed by atoms with Crippen molar-refractivity contribution in [2.45, 2.75) is 19.9 Å². The Morgan fingerprint density at radius 1 is 1.30 bits per heavy atom.